The topological polar surface area (TPSA) is 38.0 Å². The van der Waals surface area contributed by atoms with Crippen LogP contribution in [0, 0.1) is 17.9 Å². The molecule has 242 valence electrons. The van der Waals surface area contributed by atoms with Crippen LogP contribution < -0.4 is 0 Å². The molecule has 1 aliphatic rings. The van der Waals surface area contributed by atoms with E-state index in [2.05, 4.69) is 131 Å². The number of hydrogen-bond donors (Lipinski definition) is 0. The average molecular weight is 728 g/mol. The number of hydrogen-bond acceptors (Lipinski definition) is 1. The molecule has 7 aromatic carbocycles. The summed E-state index contributed by atoms with van der Waals surface area (Å²) < 4.78 is 7.52. The van der Waals surface area contributed by atoms with Gasteiger partial charge < -0.3 is 0 Å². The van der Waals surface area contributed by atoms with Crippen LogP contribution in [-0.2, 0) is 5.41 Å². The molecule has 3 heterocycles. The van der Waals surface area contributed by atoms with Crippen molar-refractivity contribution in [3.05, 3.63) is 162 Å². The van der Waals surface area contributed by atoms with Crippen molar-refractivity contribution in [1.29, 1.82) is 5.26 Å². The monoisotopic (exact) mass is 728 g/mol. The van der Waals surface area contributed by atoms with Crippen LogP contribution in [0.3, 0.4) is 0 Å². The Morgan fingerprint density at radius 1 is 0.596 bits per heavy atom. The fraction of sp³-hybridized carbons (Fsp3) is 0.0638. The Kier molecular flexibility index (Phi) is 5.85. The molecule has 10 aromatic rings. The summed E-state index contributed by atoms with van der Waals surface area (Å²) in [6, 6.07) is 50.4. The fourth-order valence-electron chi connectivity index (χ4n) is 9.07. The van der Waals surface area contributed by atoms with Gasteiger partial charge in [-0.05, 0) is 0 Å². The first-order chi connectivity index (χ1) is 25.4. The van der Waals surface area contributed by atoms with E-state index in [0.717, 1.165) is 27.5 Å². The molecule has 4 nitrogen and oxygen atoms in total. The molecule has 1 aliphatic carbocycles. The van der Waals surface area contributed by atoms with E-state index in [1.807, 2.05) is 36.4 Å². The van der Waals surface area contributed by atoms with Crippen LogP contribution in [0.4, 0.5) is 5.69 Å². The summed E-state index contributed by atoms with van der Waals surface area (Å²) >= 11 is 0.201. The number of benzene rings is 7. The molecule has 0 atom stereocenters. The SMILES string of the molecule is [C-]#[N+]c1ccc2c(c1)c1cc(C#N)ccc1n2-c1ccc2[se]c3ccc(-n4c5ccccc5c5c6c(ccc54)-c4ccccc4C6(C)C)cc3c2c1. The molecular formula is C47H28N4Se. The van der Waals surface area contributed by atoms with Crippen LogP contribution >= 0.6 is 0 Å². The van der Waals surface area contributed by atoms with Crippen molar-refractivity contribution in [1.82, 2.24) is 9.13 Å². The molecule has 0 saturated carbocycles. The average Bonchev–Trinajstić information content (AvgIpc) is 3.89. The summed E-state index contributed by atoms with van der Waals surface area (Å²) in [5, 5.41) is 16.9. The minimum atomic E-state index is -0.114. The van der Waals surface area contributed by atoms with Gasteiger partial charge in [-0.2, -0.15) is 0 Å². The Hall–Kier alpha value is -6.36. The summed E-state index contributed by atoms with van der Waals surface area (Å²) in [6.45, 7) is 12.4. The summed E-state index contributed by atoms with van der Waals surface area (Å²) in [5.41, 5.74) is 13.3. The van der Waals surface area contributed by atoms with Gasteiger partial charge in [0.15, 0.2) is 0 Å². The van der Waals surface area contributed by atoms with E-state index in [9.17, 15) is 5.26 Å². The standard InChI is InChI=1S/C47H28N4Se/c1-47(2)38-10-6-4-8-31(38)32-16-19-42-45(46(32)47)33-9-5-7-11-39(33)51(42)30-15-21-44-37(25-30)36-24-29(14-20-43(36)52-44)50-40-17-12-27(26-48)22-34(40)35-23-28(49-3)13-18-41(35)50/h4-25H,1-2H3. The molecule has 0 saturated heterocycles. The zero-order valence-electron chi connectivity index (χ0n) is 28.4. The molecule has 0 unspecified atom stereocenters. The second-order valence-electron chi connectivity index (χ2n) is 14.4. The third-order valence-corrected chi connectivity index (χ3v) is 13.7. The van der Waals surface area contributed by atoms with Crippen molar-refractivity contribution in [3.63, 3.8) is 0 Å². The van der Waals surface area contributed by atoms with Crippen molar-refractivity contribution in [3.8, 4) is 28.6 Å². The van der Waals surface area contributed by atoms with Crippen molar-refractivity contribution >= 4 is 83.1 Å². The number of nitrogens with zero attached hydrogens (tertiary/aromatic N) is 4. The third kappa shape index (κ3) is 3.79. The molecule has 5 heteroatoms. The minimum absolute atomic E-state index is 0.114. The molecule has 52 heavy (non-hydrogen) atoms. The van der Waals surface area contributed by atoms with E-state index in [1.54, 1.807) is 0 Å². The van der Waals surface area contributed by atoms with Crippen molar-refractivity contribution in [2.75, 3.05) is 0 Å². The van der Waals surface area contributed by atoms with E-state index in [4.69, 9.17) is 6.57 Å². The first-order valence-electron chi connectivity index (χ1n) is 17.4. The van der Waals surface area contributed by atoms with Crippen LogP contribution in [0.2, 0.25) is 0 Å². The van der Waals surface area contributed by atoms with Gasteiger partial charge in [0, 0.05) is 0 Å². The normalized spacial score (nSPS) is 13.3. The molecule has 0 N–H and O–H groups in total. The fourth-order valence-corrected chi connectivity index (χ4v) is 11.3. The molecule has 0 fully saturated rings. The van der Waals surface area contributed by atoms with Gasteiger partial charge in [0.25, 0.3) is 0 Å². The van der Waals surface area contributed by atoms with E-state index in [1.165, 1.54) is 69.0 Å². The van der Waals surface area contributed by atoms with Crippen molar-refractivity contribution < 1.29 is 0 Å². The van der Waals surface area contributed by atoms with E-state index >= 15 is 0 Å². The van der Waals surface area contributed by atoms with Crippen LogP contribution in [-0.4, -0.2) is 23.6 Å². The molecule has 0 aliphatic heterocycles. The molecular weight excluding hydrogens is 700 g/mol. The maximum atomic E-state index is 9.70. The predicted octanol–water partition coefficient (Wildman–Crippen LogP) is 12.0. The first kappa shape index (κ1) is 29.4. The molecule has 0 spiro atoms. The van der Waals surface area contributed by atoms with E-state index < -0.39 is 0 Å². The maximum absolute atomic E-state index is 9.70. The summed E-state index contributed by atoms with van der Waals surface area (Å²) in [5.74, 6) is 0. The van der Waals surface area contributed by atoms with Gasteiger partial charge in [0.2, 0.25) is 0 Å². The number of nitriles is 1. The summed E-state index contributed by atoms with van der Waals surface area (Å²) in [7, 11) is 0. The Morgan fingerprint density at radius 2 is 1.23 bits per heavy atom. The quantitative estimate of drug-likeness (QED) is 0.129. The van der Waals surface area contributed by atoms with Crippen molar-refractivity contribution in [2.45, 2.75) is 19.3 Å². The van der Waals surface area contributed by atoms with Gasteiger partial charge in [0.1, 0.15) is 0 Å². The molecule has 3 aromatic heterocycles. The van der Waals surface area contributed by atoms with Crippen LogP contribution in [0.1, 0.15) is 30.5 Å². The number of fused-ring (bicyclic) bond motifs is 13. The van der Waals surface area contributed by atoms with Crippen LogP contribution in [0.25, 0.3) is 90.3 Å². The zero-order valence-corrected chi connectivity index (χ0v) is 30.1. The second kappa shape index (κ2) is 10.3. The van der Waals surface area contributed by atoms with Crippen LogP contribution in [0.15, 0.2) is 133 Å². The third-order valence-electron chi connectivity index (χ3n) is 11.3. The Morgan fingerprint density at radius 3 is 1.98 bits per heavy atom. The van der Waals surface area contributed by atoms with Gasteiger partial charge in [-0.1, -0.05) is 0 Å². The number of aromatic nitrogens is 2. The zero-order chi connectivity index (χ0) is 34.9. The first-order valence-corrected chi connectivity index (χ1v) is 19.2. The van der Waals surface area contributed by atoms with Crippen molar-refractivity contribution in [2.24, 2.45) is 0 Å². The Labute approximate surface area is 305 Å². The second-order valence-corrected chi connectivity index (χ2v) is 16.6. The molecule has 0 bridgehead atoms. The Bertz CT molecular complexity index is 3230. The Balaban J connectivity index is 1.15. The van der Waals surface area contributed by atoms with Gasteiger partial charge in [-0.15, -0.1) is 0 Å². The van der Waals surface area contributed by atoms with Crippen LogP contribution in [0.5, 0.6) is 0 Å². The summed E-state index contributed by atoms with van der Waals surface area (Å²) in [4.78, 5) is 3.70. The molecule has 0 amide bonds. The number of rotatable bonds is 2. The summed E-state index contributed by atoms with van der Waals surface area (Å²) in [6.07, 6.45) is 0. The number of para-hydroxylation sites is 1. The van der Waals surface area contributed by atoms with Gasteiger partial charge in [-0.25, -0.2) is 0 Å². The predicted molar refractivity (Wildman–Crippen MR) is 216 cm³/mol. The van der Waals surface area contributed by atoms with Gasteiger partial charge in [-0.3, -0.25) is 0 Å². The van der Waals surface area contributed by atoms with Gasteiger partial charge >= 0.3 is 307 Å². The molecule has 11 rings (SSSR count). The van der Waals surface area contributed by atoms with Gasteiger partial charge in [0.05, 0.1) is 0 Å². The van der Waals surface area contributed by atoms with E-state index in [-0.39, 0.29) is 19.9 Å². The van der Waals surface area contributed by atoms with E-state index in [0.29, 0.717) is 11.3 Å². The molecule has 0 radical (unpaired) electrons.